The lowest BCUT2D eigenvalue weighted by Crippen LogP contribution is -2.25. The summed E-state index contributed by atoms with van der Waals surface area (Å²) in [5, 5.41) is 9.75. The van der Waals surface area contributed by atoms with Gasteiger partial charge in [-0.1, -0.05) is 17.7 Å². The number of rotatable bonds is 6. The standard InChI is InChI=1S/C24H27ClN4O4S/c25-19-6-9-21-18(15-19)13-16(10-12-34(30,31)32)14-22-27-28-24(29(21)22)17-4-7-20(8-5-17)33-23-3-1-2-11-26-23/h1-3,6,9,11,15-17,20H,4-5,7-8,10,12-14H2,(H,30,31,32). The smallest absolute Gasteiger partial charge is 0.264 e. The van der Waals surface area contributed by atoms with Crippen molar-refractivity contribution in [3.8, 4) is 11.6 Å². The molecule has 1 aliphatic heterocycles. The summed E-state index contributed by atoms with van der Waals surface area (Å²) >= 11 is 6.30. The highest BCUT2D eigenvalue weighted by Crippen LogP contribution is 2.38. The predicted molar refractivity (Wildman–Crippen MR) is 128 cm³/mol. The fourth-order valence-electron chi connectivity index (χ4n) is 5.11. The van der Waals surface area contributed by atoms with Crippen LogP contribution in [0.5, 0.6) is 5.88 Å². The van der Waals surface area contributed by atoms with E-state index in [9.17, 15) is 13.0 Å². The van der Waals surface area contributed by atoms with Gasteiger partial charge >= 0.3 is 0 Å². The summed E-state index contributed by atoms with van der Waals surface area (Å²) in [4.78, 5) is 4.27. The second-order valence-corrected chi connectivity index (χ2v) is 11.2. The molecule has 5 rings (SSSR count). The number of nitrogens with zero attached hydrogens (tertiary/aromatic N) is 4. The van der Waals surface area contributed by atoms with Crippen LogP contribution in [0.15, 0.2) is 42.6 Å². The first kappa shape index (κ1) is 23.3. The zero-order valence-corrected chi connectivity index (χ0v) is 20.2. The predicted octanol–water partition coefficient (Wildman–Crippen LogP) is 4.41. The Morgan fingerprint density at radius 2 is 1.91 bits per heavy atom. The monoisotopic (exact) mass is 502 g/mol. The van der Waals surface area contributed by atoms with Crippen LogP contribution in [0.25, 0.3) is 5.69 Å². The number of hydrogen-bond donors (Lipinski definition) is 1. The average molecular weight is 503 g/mol. The Hall–Kier alpha value is -2.49. The number of pyridine rings is 1. The number of halogens is 1. The quantitative estimate of drug-likeness (QED) is 0.497. The SMILES string of the molecule is O=S(=O)(O)CCC1Cc2cc(Cl)ccc2-n2c(nnc2C2CCC(Oc3ccccn3)CC2)C1. The van der Waals surface area contributed by atoms with Crippen molar-refractivity contribution in [2.75, 3.05) is 5.75 Å². The Morgan fingerprint density at radius 3 is 2.65 bits per heavy atom. The van der Waals surface area contributed by atoms with E-state index in [4.69, 9.17) is 16.3 Å². The van der Waals surface area contributed by atoms with Crippen LogP contribution in [0.1, 0.15) is 55.2 Å². The second kappa shape index (κ2) is 9.64. The number of hydrogen-bond acceptors (Lipinski definition) is 6. The molecule has 1 fully saturated rings. The Bertz CT molecular complexity index is 1260. The summed E-state index contributed by atoms with van der Waals surface area (Å²) < 4.78 is 40.1. The van der Waals surface area contributed by atoms with Crippen LogP contribution < -0.4 is 4.74 Å². The van der Waals surface area contributed by atoms with Gasteiger partial charge in [0.05, 0.1) is 11.4 Å². The molecule has 2 aliphatic rings. The van der Waals surface area contributed by atoms with Gasteiger partial charge in [0.1, 0.15) is 17.8 Å². The molecule has 1 aliphatic carbocycles. The van der Waals surface area contributed by atoms with Crippen LogP contribution in [-0.2, 0) is 23.0 Å². The molecule has 0 bridgehead atoms. The van der Waals surface area contributed by atoms with Gasteiger partial charge in [0.25, 0.3) is 10.1 Å². The van der Waals surface area contributed by atoms with Crippen LogP contribution in [0.4, 0.5) is 0 Å². The van der Waals surface area contributed by atoms with Gasteiger partial charge in [-0.2, -0.15) is 8.42 Å². The van der Waals surface area contributed by atoms with Gasteiger partial charge in [-0.25, -0.2) is 4.98 Å². The van der Waals surface area contributed by atoms with E-state index in [1.807, 2.05) is 36.4 Å². The van der Waals surface area contributed by atoms with Crippen molar-refractivity contribution in [2.45, 2.75) is 57.0 Å². The lowest BCUT2D eigenvalue weighted by molar-refractivity contribution is 0.139. The molecule has 1 aromatic carbocycles. The van der Waals surface area contributed by atoms with E-state index < -0.39 is 10.1 Å². The third-order valence-corrected chi connectivity index (χ3v) is 7.75. The molecule has 34 heavy (non-hydrogen) atoms. The van der Waals surface area contributed by atoms with E-state index in [0.717, 1.165) is 48.6 Å². The molecule has 0 saturated heterocycles. The molecule has 8 nitrogen and oxygen atoms in total. The molecular weight excluding hydrogens is 476 g/mol. The fraction of sp³-hybridized carbons (Fsp3) is 0.458. The van der Waals surface area contributed by atoms with Crippen LogP contribution in [0.2, 0.25) is 5.02 Å². The fourth-order valence-corrected chi connectivity index (χ4v) is 5.94. The molecule has 2 aromatic heterocycles. The summed E-state index contributed by atoms with van der Waals surface area (Å²) in [5.74, 6) is 2.41. The van der Waals surface area contributed by atoms with Crippen LogP contribution >= 0.6 is 11.6 Å². The first-order chi connectivity index (χ1) is 16.4. The molecule has 3 heterocycles. The van der Waals surface area contributed by atoms with E-state index in [1.54, 1.807) is 6.20 Å². The van der Waals surface area contributed by atoms with Gasteiger partial charge in [0.2, 0.25) is 5.88 Å². The molecule has 3 aromatic rings. The maximum Gasteiger partial charge on any atom is 0.264 e. The molecular formula is C24H27ClN4O4S. The number of fused-ring (bicyclic) bond motifs is 3. The van der Waals surface area contributed by atoms with E-state index in [0.29, 0.717) is 30.2 Å². The summed E-state index contributed by atoms with van der Waals surface area (Å²) in [6, 6.07) is 11.5. The molecule has 0 radical (unpaired) electrons. The minimum absolute atomic E-state index is 0.0138. The number of aromatic nitrogens is 4. The summed E-state index contributed by atoms with van der Waals surface area (Å²) in [7, 11) is -4.02. The average Bonchev–Trinajstić information content (AvgIpc) is 3.14. The first-order valence-electron chi connectivity index (χ1n) is 11.6. The molecule has 10 heteroatoms. The zero-order chi connectivity index (χ0) is 23.7. The van der Waals surface area contributed by atoms with E-state index in [2.05, 4.69) is 19.7 Å². The van der Waals surface area contributed by atoms with Crippen LogP contribution in [0, 0.1) is 5.92 Å². The zero-order valence-electron chi connectivity index (χ0n) is 18.7. The van der Waals surface area contributed by atoms with Gasteiger partial charge < -0.3 is 4.74 Å². The minimum Gasteiger partial charge on any atom is -0.474 e. The Balaban J connectivity index is 1.38. The molecule has 1 saturated carbocycles. The number of ether oxygens (including phenoxy) is 1. The number of benzene rings is 1. The molecule has 0 amide bonds. The Kier molecular flexibility index (Phi) is 6.59. The summed E-state index contributed by atoms with van der Waals surface area (Å²) in [5.41, 5.74) is 2.04. The van der Waals surface area contributed by atoms with Gasteiger partial charge in [-0.3, -0.25) is 9.12 Å². The van der Waals surface area contributed by atoms with Crippen molar-refractivity contribution in [1.82, 2.24) is 19.7 Å². The highest BCUT2D eigenvalue weighted by atomic mass is 35.5. The molecule has 180 valence electrons. The van der Waals surface area contributed by atoms with E-state index in [-0.39, 0.29) is 23.7 Å². The highest BCUT2D eigenvalue weighted by molar-refractivity contribution is 7.85. The van der Waals surface area contributed by atoms with Crippen LogP contribution in [-0.4, -0.2) is 44.6 Å². The molecule has 0 spiro atoms. The maximum atomic E-state index is 11.3. The van der Waals surface area contributed by atoms with Crippen LogP contribution in [0.3, 0.4) is 0 Å². The van der Waals surface area contributed by atoms with Gasteiger partial charge in [-0.15, -0.1) is 10.2 Å². The lowest BCUT2D eigenvalue weighted by atomic mass is 9.86. The Labute approximate surface area is 204 Å². The molecule has 1 unspecified atom stereocenters. The summed E-state index contributed by atoms with van der Waals surface area (Å²) in [6.07, 6.45) is 7.17. The summed E-state index contributed by atoms with van der Waals surface area (Å²) in [6.45, 7) is 0. The normalized spacial score (nSPS) is 22.5. The van der Waals surface area contributed by atoms with Gasteiger partial charge in [0, 0.05) is 29.6 Å². The van der Waals surface area contributed by atoms with Crippen molar-refractivity contribution in [1.29, 1.82) is 0 Å². The highest BCUT2D eigenvalue weighted by Gasteiger charge is 2.32. The van der Waals surface area contributed by atoms with Crippen molar-refractivity contribution < 1.29 is 17.7 Å². The largest absolute Gasteiger partial charge is 0.474 e. The topological polar surface area (TPSA) is 107 Å². The van der Waals surface area contributed by atoms with Gasteiger partial charge in [0.15, 0.2) is 0 Å². The van der Waals surface area contributed by atoms with E-state index >= 15 is 0 Å². The van der Waals surface area contributed by atoms with Crippen molar-refractivity contribution in [3.05, 3.63) is 64.8 Å². The van der Waals surface area contributed by atoms with Crippen molar-refractivity contribution in [2.24, 2.45) is 5.92 Å². The molecule has 1 N–H and O–H groups in total. The lowest BCUT2D eigenvalue weighted by Gasteiger charge is -2.28. The second-order valence-electron chi connectivity index (χ2n) is 9.19. The van der Waals surface area contributed by atoms with Crippen molar-refractivity contribution in [3.63, 3.8) is 0 Å². The third kappa shape index (κ3) is 5.26. The first-order valence-corrected chi connectivity index (χ1v) is 13.6. The minimum atomic E-state index is -4.02. The van der Waals surface area contributed by atoms with Crippen molar-refractivity contribution >= 4 is 21.7 Å². The molecule has 1 atom stereocenters. The third-order valence-electron chi connectivity index (χ3n) is 6.77. The maximum absolute atomic E-state index is 11.3. The Morgan fingerprint density at radius 1 is 1.09 bits per heavy atom. The van der Waals surface area contributed by atoms with Gasteiger partial charge in [-0.05, 0) is 74.3 Å². The van der Waals surface area contributed by atoms with E-state index in [1.165, 1.54) is 0 Å².